The Bertz CT molecular complexity index is 691. The third kappa shape index (κ3) is 3.19. The average Bonchev–Trinajstić information content (AvgIpc) is 2.77. The van der Waals surface area contributed by atoms with Gasteiger partial charge in [0.05, 0.1) is 6.20 Å². The summed E-state index contributed by atoms with van der Waals surface area (Å²) in [6, 6.07) is 0. The van der Waals surface area contributed by atoms with Gasteiger partial charge in [0, 0.05) is 71.0 Å². The van der Waals surface area contributed by atoms with Gasteiger partial charge in [0.25, 0.3) is 5.56 Å². The van der Waals surface area contributed by atoms with Crippen LogP contribution < -0.4 is 10.5 Å². The van der Waals surface area contributed by atoms with E-state index in [1.165, 1.54) is 5.56 Å². The van der Waals surface area contributed by atoms with Crippen LogP contribution in [0.15, 0.2) is 29.6 Å². The molecule has 1 aliphatic heterocycles. The number of hydrogen-bond donors (Lipinski definition) is 0. The van der Waals surface area contributed by atoms with Crippen molar-refractivity contribution in [3.05, 3.63) is 40.7 Å². The lowest BCUT2D eigenvalue weighted by molar-refractivity contribution is 0.285. The number of nitrogens with zero attached hydrogens (tertiary/aromatic N) is 6. The molecule has 0 aliphatic carbocycles. The van der Waals surface area contributed by atoms with Crippen LogP contribution in [0.2, 0.25) is 0 Å². The molecule has 3 rings (SSSR count). The minimum atomic E-state index is -0.0248. The lowest BCUT2D eigenvalue weighted by Crippen LogP contribution is -2.35. The molecule has 118 valence electrons. The Hall–Kier alpha value is -2.15. The second-order valence-corrected chi connectivity index (χ2v) is 5.81. The molecule has 0 spiro atoms. The van der Waals surface area contributed by atoms with Crippen LogP contribution in [0.25, 0.3) is 0 Å². The first-order valence-corrected chi connectivity index (χ1v) is 7.60. The number of hydrogen-bond acceptors (Lipinski definition) is 5. The second kappa shape index (κ2) is 6.31. The Kier molecular flexibility index (Phi) is 4.24. The first-order chi connectivity index (χ1) is 10.6. The highest BCUT2D eigenvalue weighted by Gasteiger charge is 2.18. The minimum absolute atomic E-state index is 0.0248. The molecule has 0 radical (unpaired) electrons. The number of rotatable bonds is 3. The summed E-state index contributed by atoms with van der Waals surface area (Å²) in [5, 5.41) is 4.21. The van der Waals surface area contributed by atoms with Crippen molar-refractivity contribution in [3.8, 4) is 0 Å². The van der Waals surface area contributed by atoms with Gasteiger partial charge >= 0.3 is 0 Å². The number of aryl methyl sites for hydroxylation is 2. The third-order valence-electron chi connectivity index (χ3n) is 4.05. The Labute approximate surface area is 129 Å². The van der Waals surface area contributed by atoms with Gasteiger partial charge in [0.1, 0.15) is 0 Å². The topological polar surface area (TPSA) is 59.2 Å². The van der Waals surface area contributed by atoms with Crippen LogP contribution in [-0.2, 0) is 20.6 Å². The van der Waals surface area contributed by atoms with E-state index in [4.69, 9.17) is 0 Å². The summed E-state index contributed by atoms with van der Waals surface area (Å²) in [5.74, 6) is 0.563. The van der Waals surface area contributed by atoms with E-state index in [-0.39, 0.29) is 5.56 Å². The van der Waals surface area contributed by atoms with E-state index in [0.717, 1.165) is 39.1 Å². The van der Waals surface area contributed by atoms with E-state index in [0.29, 0.717) is 5.82 Å². The monoisotopic (exact) mass is 302 g/mol. The molecule has 2 aromatic rings. The fourth-order valence-corrected chi connectivity index (χ4v) is 2.85. The first kappa shape index (κ1) is 14.8. The van der Waals surface area contributed by atoms with Gasteiger partial charge in [-0.1, -0.05) is 0 Å². The van der Waals surface area contributed by atoms with Gasteiger partial charge in [-0.05, 0) is 6.42 Å². The molecule has 22 heavy (non-hydrogen) atoms. The van der Waals surface area contributed by atoms with Crippen molar-refractivity contribution < 1.29 is 0 Å². The highest BCUT2D eigenvalue weighted by Crippen LogP contribution is 2.11. The van der Waals surface area contributed by atoms with Gasteiger partial charge in [-0.2, -0.15) is 5.10 Å². The van der Waals surface area contributed by atoms with Crippen molar-refractivity contribution in [1.82, 2.24) is 24.2 Å². The number of anilines is 1. The van der Waals surface area contributed by atoms with Gasteiger partial charge in [-0.15, -0.1) is 0 Å². The maximum Gasteiger partial charge on any atom is 0.293 e. The molecule has 0 unspecified atom stereocenters. The molecule has 7 heteroatoms. The van der Waals surface area contributed by atoms with Crippen molar-refractivity contribution in [2.24, 2.45) is 14.1 Å². The predicted octanol–water partition coefficient (Wildman–Crippen LogP) is 0.226. The second-order valence-electron chi connectivity index (χ2n) is 5.81. The molecular weight excluding hydrogens is 280 g/mol. The van der Waals surface area contributed by atoms with Crippen LogP contribution in [0.5, 0.6) is 0 Å². The molecule has 0 aromatic carbocycles. The van der Waals surface area contributed by atoms with Crippen molar-refractivity contribution in [3.63, 3.8) is 0 Å². The largest absolute Gasteiger partial charge is 0.351 e. The predicted molar refractivity (Wildman–Crippen MR) is 84.8 cm³/mol. The summed E-state index contributed by atoms with van der Waals surface area (Å²) in [6.07, 6.45) is 8.38. The Morgan fingerprint density at radius 1 is 1.18 bits per heavy atom. The SMILES string of the molecule is Cn1cc(CN2CCCN(c3nccn(C)c3=O)CC2)cn1. The molecule has 1 fully saturated rings. The normalized spacial score (nSPS) is 16.7. The summed E-state index contributed by atoms with van der Waals surface area (Å²) in [5.41, 5.74) is 1.20. The first-order valence-electron chi connectivity index (χ1n) is 7.60. The van der Waals surface area contributed by atoms with Crippen LogP contribution in [0.1, 0.15) is 12.0 Å². The maximum atomic E-state index is 12.2. The quantitative estimate of drug-likeness (QED) is 0.812. The zero-order valence-corrected chi connectivity index (χ0v) is 13.1. The smallest absolute Gasteiger partial charge is 0.293 e. The standard InChI is InChI=1S/C15H22N6O/c1-18-7-4-16-14(15(18)22)21-6-3-5-20(8-9-21)12-13-10-17-19(2)11-13/h4,7,10-11H,3,5-6,8-9,12H2,1-2H3. The van der Waals surface area contributed by atoms with Gasteiger partial charge in [0.15, 0.2) is 5.82 Å². The lowest BCUT2D eigenvalue weighted by Gasteiger charge is -2.22. The van der Waals surface area contributed by atoms with Crippen LogP contribution in [0.4, 0.5) is 5.82 Å². The molecule has 0 bridgehead atoms. The van der Waals surface area contributed by atoms with Gasteiger partial charge in [0.2, 0.25) is 0 Å². The summed E-state index contributed by atoms with van der Waals surface area (Å²) >= 11 is 0. The van der Waals surface area contributed by atoms with Gasteiger partial charge in [-0.3, -0.25) is 14.4 Å². The molecule has 0 atom stereocenters. The molecule has 1 saturated heterocycles. The van der Waals surface area contributed by atoms with E-state index in [1.807, 2.05) is 17.9 Å². The molecule has 7 nitrogen and oxygen atoms in total. The summed E-state index contributed by atoms with van der Waals surface area (Å²) in [6.45, 7) is 4.55. The van der Waals surface area contributed by atoms with E-state index >= 15 is 0 Å². The average molecular weight is 302 g/mol. The highest BCUT2D eigenvalue weighted by molar-refractivity contribution is 5.35. The molecule has 0 saturated carbocycles. The summed E-state index contributed by atoms with van der Waals surface area (Å²) < 4.78 is 3.41. The molecular formula is C15H22N6O. The van der Waals surface area contributed by atoms with Crippen LogP contribution in [-0.4, -0.2) is 50.4 Å². The van der Waals surface area contributed by atoms with E-state index < -0.39 is 0 Å². The molecule has 0 N–H and O–H groups in total. The molecule has 0 amide bonds. The Morgan fingerprint density at radius 2 is 2.05 bits per heavy atom. The Balaban J connectivity index is 1.67. The maximum absolute atomic E-state index is 12.2. The van der Waals surface area contributed by atoms with E-state index in [9.17, 15) is 4.79 Å². The molecule has 2 aromatic heterocycles. The molecule has 1 aliphatic rings. The van der Waals surface area contributed by atoms with Crippen molar-refractivity contribution in [2.75, 3.05) is 31.1 Å². The van der Waals surface area contributed by atoms with Crippen LogP contribution in [0.3, 0.4) is 0 Å². The third-order valence-corrected chi connectivity index (χ3v) is 4.05. The zero-order chi connectivity index (χ0) is 15.5. The lowest BCUT2D eigenvalue weighted by atomic mass is 10.3. The minimum Gasteiger partial charge on any atom is -0.351 e. The van der Waals surface area contributed by atoms with Crippen molar-refractivity contribution in [2.45, 2.75) is 13.0 Å². The molecule has 3 heterocycles. The highest BCUT2D eigenvalue weighted by atomic mass is 16.1. The summed E-state index contributed by atoms with van der Waals surface area (Å²) in [7, 11) is 3.70. The zero-order valence-electron chi connectivity index (χ0n) is 13.1. The number of aromatic nitrogens is 4. The fourth-order valence-electron chi connectivity index (χ4n) is 2.85. The van der Waals surface area contributed by atoms with Crippen LogP contribution in [0, 0.1) is 0 Å². The van der Waals surface area contributed by atoms with E-state index in [1.54, 1.807) is 24.0 Å². The van der Waals surface area contributed by atoms with Gasteiger partial charge in [-0.25, -0.2) is 4.98 Å². The Morgan fingerprint density at radius 3 is 2.82 bits per heavy atom. The van der Waals surface area contributed by atoms with Crippen LogP contribution >= 0.6 is 0 Å². The fraction of sp³-hybridized carbons (Fsp3) is 0.533. The van der Waals surface area contributed by atoms with E-state index in [2.05, 4.69) is 26.1 Å². The van der Waals surface area contributed by atoms with Crippen molar-refractivity contribution >= 4 is 5.82 Å². The van der Waals surface area contributed by atoms with Gasteiger partial charge < -0.3 is 9.47 Å². The van der Waals surface area contributed by atoms with Crippen molar-refractivity contribution in [1.29, 1.82) is 0 Å². The summed E-state index contributed by atoms with van der Waals surface area (Å²) in [4.78, 5) is 21.0.